The summed E-state index contributed by atoms with van der Waals surface area (Å²) >= 11 is 1.58. The highest BCUT2D eigenvalue weighted by Crippen LogP contribution is 2.15. The third-order valence-electron chi connectivity index (χ3n) is 3.07. The molecule has 0 bridgehead atoms. The van der Waals surface area contributed by atoms with E-state index in [1.165, 1.54) is 0 Å². The third-order valence-corrected chi connectivity index (χ3v) is 4.08. The summed E-state index contributed by atoms with van der Waals surface area (Å²) in [6.07, 6.45) is 0. The molecule has 1 saturated heterocycles. The lowest BCUT2D eigenvalue weighted by molar-refractivity contribution is -0.118. The van der Waals surface area contributed by atoms with Gasteiger partial charge in [0.2, 0.25) is 5.91 Å². The molecule has 0 aromatic heterocycles. The van der Waals surface area contributed by atoms with E-state index in [0.29, 0.717) is 5.75 Å². The zero-order valence-electron chi connectivity index (χ0n) is 11.1. The first-order valence-corrected chi connectivity index (χ1v) is 7.71. The van der Waals surface area contributed by atoms with Crippen LogP contribution < -0.4 is 10.6 Å². The van der Waals surface area contributed by atoms with Gasteiger partial charge in [0.15, 0.2) is 0 Å². The number of thioether (sulfide) groups is 1. The highest BCUT2D eigenvalue weighted by molar-refractivity contribution is 8.00. The summed E-state index contributed by atoms with van der Waals surface area (Å²) in [5.74, 6) is 0.606. The lowest BCUT2D eigenvalue weighted by Crippen LogP contribution is -2.46. The van der Waals surface area contributed by atoms with Gasteiger partial charge in [-0.2, -0.15) is 0 Å². The smallest absolute Gasteiger partial charge is 0.230 e. The predicted molar refractivity (Wildman–Crippen MR) is 79.5 cm³/mol. The van der Waals surface area contributed by atoms with Crippen molar-refractivity contribution in [3.63, 3.8) is 0 Å². The third kappa shape index (κ3) is 5.63. The SMILES string of the molecule is O=C(CSc1ccccc1)NCCN1CCNCC1. The number of piperazine rings is 1. The minimum Gasteiger partial charge on any atom is -0.354 e. The fraction of sp³-hybridized carbons (Fsp3) is 0.500. The van der Waals surface area contributed by atoms with Gasteiger partial charge in [-0.25, -0.2) is 0 Å². The quantitative estimate of drug-likeness (QED) is 0.756. The highest BCUT2D eigenvalue weighted by Gasteiger charge is 2.09. The van der Waals surface area contributed by atoms with Crippen molar-refractivity contribution in [3.8, 4) is 0 Å². The maximum atomic E-state index is 11.7. The standard InChI is InChI=1S/C14H21N3OS/c18-14(12-19-13-4-2-1-3-5-13)16-8-11-17-9-6-15-7-10-17/h1-5,15H,6-12H2,(H,16,18). The first kappa shape index (κ1) is 14.4. The van der Waals surface area contributed by atoms with E-state index in [2.05, 4.69) is 15.5 Å². The molecule has 1 heterocycles. The number of hydrogen-bond acceptors (Lipinski definition) is 4. The van der Waals surface area contributed by atoms with Crippen LogP contribution in [0.25, 0.3) is 0 Å². The molecule has 1 aliphatic rings. The molecule has 0 atom stereocenters. The highest BCUT2D eigenvalue weighted by atomic mass is 32.2. The molecule has 1 aromatic carbocycles. The number of benzene rings is 1. The molecule has 2 rings (SSSR count). The van der Waals surface area contributed by atoms with Crippen LogP contribution in [0.5, 0.6) is 0 Å². The predicted octanol–water partition coefficient (Wildman–Crippen LogP) is 0.800. The molecule has 5 heteroatoms. The van der Waals surface area contributed by atoms with Crippen molar-refractivity contribution in [2.24, 2.45) is 0 Å². The van der Waals surface area contributed by atoms with Gasteiger partial charge in [-0.1, -0.05) is 18.2 Å². The van der Waals surface area contributed by atoms with Crippen molar-refractivity contribution in [3.05, 3.63) is 30.3 Å². The van der Waals surface area contributed by atoms with Crippen LogP contribution in [0.2, 0.25) is 0 Å². The van der Waals surface area contributed by atoms with Crippen molar-refractivity contribution in [1.82, 2.24) is 15.5 Å². The van der Waals surface area contributed by atoms with Crippen LogP contribution in [0, 0.1) is 0 Å². The number of carbonyl (C=O) groups excluding carboxylic acids is 1. The van der Waals surface area contributed by atoms with Crippen LogP contribution in [-0.4, -0.2) is 55.8 Å². The summed E-state index contributed by atoms with van der Waals surface area (Å²) in [6, 6.07) is 10.0. The Kier molecular flexibility index (Phi) is 6.20. The second kappa shape index (κ2) is 8.19. The van der Waals surface area contributed by atoms with E-state index < -0.39 is 0 Å². The van der Waals surface area contributed by atoms with Gasteiger partial charge < -0.3 is 10.6 Å². The van der Waals surface area contributed by atoms with Crippen molar-refractivity contribution in [2.75, 3.05) is 45.0 Å². The molecular formula is C14H21N3OS. The number of carbonyl (C=O) groups is 1. The van der Waals surface area contributed by atoms with Gasteiger partial charge in [-0.3, -0.25) is 9.69 Å². The molecule has 4 nitrogen and oxygen atoms in total. The summed E-state index contributed by atoms with van der Waals surface area (Å²) in [5, 5.41) is 6.30. The monoisotopic (exact) mass is 279 g/mol. The fourth-order valence-electron chi connectivity index (χ4n) is 2.00. The van der Waals surface area contributed by atoms with Crippen molar-refractivity contribution in [2.45, 2.75) is 4.90 Å². The molecule has 1 fully saturated rings. The summed E-state index contributed by atoms with van der Waals surface area (Å²) in [7, 11) is 0. The van der Waals surface area contributed by atoms with Gasteiger partial charge in [-0.15, -0.1) is 11.8 Å². The number of hydrogen-bond donors (Lipinski definition) is 2. The minimum absolute atomic E-state index is 0.115. The number of nitrogens with one attached hydrogen (secondary N) is 2. The number of amides is 1. The van der Waals surface area contributed by atoms with Crippen LogP contribution in [-0.2, 0) is 4.79 Å². The van der Waals surface area contributed by atoms with Crippen molar-refractivity contribution < 1.29 is 4.79 Å². The van der Waals surface area contributed by atoms with Crippen LogP contribution in [0.1, 0.15) is 0 Å². The van der Waals surface area contributed by atoms with E-state index in [-0.39, 0.29) is 5.91 Å². The molecule has 0 spiro atoms. The van der Waals surface area contributed by atoms with Gasteiger partial charge in [0, 0.05) is 44.2 Å². The molecule has 0 aliphatic carbocycles. The molecule has 0 radical (unpaired) electrons. The maximum absolute atomic E-state index is 11.7. The van der Waals surface area contributed by atoms with Gasteiger partial charge in [0.1, 0.15) is 0 Å². The fourth-order valence-corrected chi connectivity index (χ4v) is 2.75. The zero-order valence-corrected chi connectivity index (χ0v) is 11.9. The second-order valence-electron chi connectivity index (χ2n) is 4.54. The Morgan fingerprint density at radius 2 is 2.00 bits per heavy atom. The van der Waals surface area contributed by atoms with Crippen LogP contribution in [0.4, 0.5) is 0 Å². The van der Waals surface area contributed by atoms with E-state index in [4.69, 9.17) is 0 Å². The average molecular weight is 279 g/mol. The normalized spacial score (nSPS) is 16.2. The molecule has 104 valence electrons. The van der Waals surface area contributed by atoms with Crippen LogP contribution in [0.3, 0.4) is 0 Å². The molecule has 0 saturated carbocycles. The Labute approximate surface area is 118 Å². The molecule has 1 aliphatic heterocycles. The Bertz CT molecular complexity index is 380. The maximum Gasteiger partial charge on any atom is 0.230 e. The summed E-state index contributed by atoms with van der Waals surface area (Å²) in [6.45, 7) is 5.95. The Hall–Kier alpha value is -1.04. The summed E-state index contributed by atoms with van der Waals surface area (Å²) < 4.78 is 0. The first-order valence-electron chi connectivity index (χ1n) is 6.72. The van der Waals surface area contributed by atoms with Crippen LogP contribution in [0.15, 0.2) is 35.2 Å². The number of nitrogens with zero attached hydrogens (tertiary/aromatic N) is 1. The zero-order chi connectivity index (χ0) is 13.3. The molecule has 0 unspecified atom stereocenters. The Morgan fingerprint density at radius 1 is 1.26 bits per heavy atom. The van der Waals surface area contributed by atoms with E-state index in [1.807, 2.05) is 30.3 Å². The molecular weight excluding hydrogens is 258 g/mol. The van der Waals surface area contributed by atoms with Gasteiger partial charge in [0.25, 0.3) is 0 Å². The number of rotatable bonds is 6. The summed E-state index contributed by atoms with van der Waals surface area (Å²) in [5.41, 5.74) is 0. The van der Waals surface area contributed by atoms with E-state index >= 15 is 0 Å². The topological polar surface area (TPSA) is 44.4 Å². The van der Waals surface area contributed by atoms with Crippen molar-refractivity contribution in [1.29, 1.82) is 0 Å². The Balaban J connectivity index is 1.57. The molecule has 1 aromatic rings. The van der Waals surface area contributed by atoms with Crippen molar-refractivity contribution >= 4 is 17.7 Å². The van der Waals surface area contributed by atoms with Gasteiger partial charge in [0.05, 0.1) is 5.75 Å². The Morgan fingerprint density at radius 3 is 2.74 bits per heavy atom. The molecule has 1 amide bonds. The molecule has 19 heavy (non-hydrogen) atoms. The lowest BCUT2D eigenvalue weighted by Gasteiger charge is -2.27. The largest absolute Gasteiger partial charge is 0.354 e. The van der Waals surface area contributed by atoms with Crippen LogP contribution >= 0.6 is 11.8 Å². The minimum atomic E-state index is 0.115. The second-order valence-corrected chi connectivity index (χ2v) is 5.59. The average Bonchev–Trinajstić information content (AvgIpc) is 2.47. The van der Waals surface area contributed by atoms with Gasteiger partial charge >= 0.3 is 0 Å². The van der Waals surface area contributed by atoms with E-state index in [9.17, 15) is 4.79 Å². The van der Waals surface area contributed by atoms with E-state index in [0.717, 1.165) is 44.2 Å². The first-order chi connectivity index (χ1) is 9.34. The van der Waals surface area contributed by atoms with E-state index in [1.54, 1.807) is 11.8 Å². The summed E-state index contributed by atoms with van der Waals surface area (Å²) in [4.78, 5) is 15.2. The van der Waals surface area contributed by atoms with Gasteiger partial charge in [-0.05, 0) is 12.1 Å². The molecule has 2 N–H and O–H groups in total. The lowest BCUT2D eigenvalue weighted by atomic mass is 10.3.